The van der Waals surface area contributed by atoms with Crippen molar-refractivity contribution in [2.24, 2.45) is 0 Å². The number of carbonyl (C=O) groups excluding carboxylic acids is 2. The molecule has 0 saturated carbocycles. The predicted molar refractivity (Wildman–Crippen MR) is 111 cm³/mol. The number of ether oxygens (including phenoxy) is 4. The molecule has 0 atom stereocenters. The van der Waals surface area contributed by atoms with Crippen molar-refractivity contribution in [1.29, 1.82) is 0 Å². The molecule has 0 aromatic heterocycles. The van der Waals surface area contributed by atoms with Crippen LogP contribution in [0.5, 0.6) is 23.0 Å². The Morgan fingerprint density at radius 3 is 2.07 bits per heavy atom. The Morgan fingerprint density at radius 2 is 1.50 bits per heavy atom. The standard InChI is InChI=1S/C22H21NO7/c1-27-18-10-15(11-19(28-2)21(18)29-3)23-20(25)12-30-22(26)16-8-13-6-4-5-7-14(13)9-17(16)24/h4-11,24H,12H2,1-3H3,(H,23,25). The number of phenols is 1. The van der Waals surface area contributed by atoms with Gasteiger partial charge >= 0.3 is 5.97 Å². The molecule has 3 aromatic rings. The van der Waals surface area contributed by atoms with Crippen molar-refractivity contribution in [1.82, 2.24) is 0 Å². The highest BCUT2D eigenvalue weighted by Gasteiger charge is 2.17. The van der Waals surface area contributed by atoms with Crippen LogP contribution >= 0.6 is 0 Å². The Bertz CT molecular complexity index is 1070. The highest BCUT2D eigenvalue weighted by molar-refractivity contribution is 6.00. The van der Waals surface area contributed by atoms with Gasteiger partial charge in [-0.05, 0) is 22.9 Å². The average Bonchev–Trinajstić information content (AvgIpc) is 2.76. The number of methoxy groups -OCH3 is 3. The molecule has 0 aliphatic carbocycles. The van der Waals surface area contributed by atoms with Crippen molar-refractivity contribution in [3.8, 4) is 23.0 Å². The lowest BCUT2D eigenvalue weighted by Crippen LogP contribution is -2.21. The first kappa shape index (κ1) is 20.8. The van der Waals surface area contributed by atoms with Crippen LogP contribution in [0.15, 0.2) is 48.5 Å². The van der Waals surface area contributed by atoms with Crippen LogP contribution in [0.2, 0.25) is 0 Å². The number of carbonyl (C=O) groups is 2. The van der Waals surface area contributed by atoms with Gasteiger partial charge in [-0.15, -0.1) is 0 Å². The largest absolute Gasteiger partial charge is 0.507 e. The number of amides is 1. The van der Waals surface area contributed by atoms with Crippen LogP contribution in [0.25, 0.3) is 10.8 Å². The molecule has 3 rings (SSSR count). The van der Waals surface area contributed by atoms with Crippen LogP contribution in [0, 0.1) is 0 Å². The van der Waals surface area contributed by atoms with E-state index in [0.717, 1.165) is 10.8 Å². The Hall–Kier alpha value is -3.94. The summed E-state index contributed by atoms with van der Waals surface area (Å²) in [6, 6.07) is 13.4. The molecule has 0 aliphatic heterocycles. The zero-order valence-electron chi connectivity index (χ0n) is 16.7. The minimum absolute atomic E-state index is 0.0192. The van der Waals surface area contributed by atoms with Crippen LogP contribution in [-0.4, -0.2) is 44.9 Å². The zero-order chi connectivity index (χ0) is 21.7. The second-order valence-electron chi connectivity index (χ2n) is 6.25. The third kappa shape index (κ3) is 4.38. The molecule has 0 unspecified atom stereocenters. The van der Waals surface area contributed by atoms with E-state index < -0.39 is 18.5 Å². The number of esters is 1. The lowest BCUT2D eigenvalue weighted by atomic mass is 10.1. The predicted octanol–water partition coefficient (Wildman–Crippen LogP) is 3.37. The quantitative estimate of drug-likeness (QED) is 0.575. The highest BCUT2D eigenvalue weighted by atomic mass is 16.5. The highest BCUT2D eigenvalue weighted by Crippen LogP contribution is 2.39. The van der Waals surface area contributed by atoms with Crippen molar-refractivity contribution < 1.29 is 33.6 Å². The van der Waals surface area contributed by atoms with Crippen molar-refractivity contribution in [3.63, 3.8) is 0 Å². The number of aromatic hydroxyl groups is 1. The van der Waals surface area contributed by atoms with Gasteiger partial charge in [0.05, 0.1) is 21.3 Å². The van der Waals surface area contributed by atoms with Gasteiger partial charge < -0.3 is 29.4 Å². The van der Waals surface area contributed by atoms with Crippen molar-refractivity contribution in [2.75, 3.05) is 33.3 Å². The summed E-state index contributed by atoms with van der Waals surface area (Å²) in [6.45, 7) is -0.540. The van der Waals surface area contributed by atoms with Gasteiger partial charge in [0.25, 0.3) is 5.91 Å². The summed E-state index contributed by atoms with van der Waals surface area (Å²) in [7, 11) is 4.39. The van der Waals surface area contributed by atoms with Gasteiger partial charge in [0.2, 0.25) is 5.75 Å². The third-order valence-corrected chi connectivity index (χ3v) is 4.37. The molecule has 0 saturated heterocycles. The Kier molecular flexibility index (Phi) is 6.26. The average molecular weight is 411 g/mol. The molecular weight excluding hydrogens is 390 g/mol. The number of benzene rings is 3. The molecule has 0 heterocycles. The SMILES string of the molecule is COc1cc(NC(=O)COC(=O)c2cc3ccccc3cc2O)cc(OC)c1OC. The van der Waals surface area contributed by atoms with E-state index in [-0.39, 0.29) is 11.3 Å². The van der Waals surface area contributed by atoms with Gasteiger partial charge in [-0.3, -0.25) is 4.79 Å². The first-order valence-electron chi connectivity index (χ1n) is 8.95. The van der Waals surface area contributed by atoms with E-state index in [2.05, 4.69) is 5.32 Å². The first-order chi connectivity index (χ1) is 14.5. The molecule has 30 heavy (non-hydrogen) atoms. The fraction of sp³-hybridized carbons (Fsp3) is 0.182. The maximum Gasteiger partial charge on any atom is 0.342 e. The van der Waals surface area contributed by atoms with E-state index in [0.29, 0.717) is 22.9 Å². The van der Waals surface area contributed by atoms with E-state index in [9.17, 15) is 14.7 Å². The topological polar surface area (TPSA) is 103 Å². The van der Waals surface area contributed by atoms with E-state index >= 15 is 0 Å². The summed E-state index contributed by atoms with van der Waals surface area (Å²) in [6.07, 6.45) is 0. The minimum atomic E-state index is -0.807. The van der Waals surface area contributed by atoms with Crippen molar-refractivity contribution in [3.05, 3.63) is 54.1 Å². The summed E-state index contributed by atoms with van der Waals surface area (Å²) in [4.78, 5) is 24.6. The lowest BCUT2D eigenvalue weighted by molar-refractivity contribution is -0.119. The Morgan fingerprint density at radius 1 is 0.900 bits per heavy atom. The molecule has 0 fully saturated rings. The first-order valence-corrected chi connectivity index (χ1v) is 8.95. The molecule has 156 valence electrons. The smallest absolute Gasteiger partial charge is 0.342 e. The second-order valence-corrected chi connectivity index (χ2v) is 6.25. The maximum absolute atomic E-state index is 12.3. The van der Waals surface area contributed by atoms with Gasteiger partial charge in [0, 0.05) is 17.8 Å². The summed E-state index contributed by atoms with van der Waals surface area (Å²) in [5, 5.41) is 14.3. The molecule has 2 N–H and O–H groups in total. The normalized spacial score (nSPS) is 10.4. The second kappa shape index (κ2) is 9.04. The Balaban J connectivity index is 1.69. The number of rotatable bonds is 7. The lowest BCUT2D eigenvalue weighted by Gasteiger charge is -2.14. The van der Waals surface area contributed by atoms with Crippen LogP contribution in [-0.2, 0) is 9.53 Å². The van der Waals surface area contributed by atoms with Gasteiger partial charge in [-0.25, -0.2) is 4.79 Å². The molecule has 0 radical (unpaired) electrons. The molecular formula is C22H21NO7. The van der Waals surface area contributed by atoms with Crippen LogP contribution in [0.1, 0.15) is 10.4 Å². The van der Waals surface area contributed by atoms with Gasteiger partial charge in [-0.1, -0.05) is 24.3 Å². The van der Waals surface area contributed by atoms with E-state index in [4.69, 9.17) is 18.9 Å². The number of nitrogens with one attached hydrogen (secondary N) is 1. The van der Waals surface area contributed by atoms with E-state index in [1.807, 2.05) is 24.3 Å². The number of hydrogen-bond donors (Lipinski definition) is 2. The number of anilines is 1. The van der Waals surface area contributed by atoms with Gasteiger partial charge in [-0.2, -0.15) is 0 Å². The molecule has 3 aromatic carbocycles. The minimum Gasteiger partial charge on any atom is -0.507 e. The fourth-order valence-electron chi connectivity index (χ4n) is 2.95. The maximum atomic E-state index is 12.3. The number of hydrogen-bond acceptors (Lipinski definition) is 7. The molecule has 0 spiro atoms. The van der Waals surface area contributed by atoms with Crippen LogP contribution < -0.4 is 19.5 Å². The summed E-state index contributed by atoms with van der Waals surface area (Å²) < 4.78 is 20.8. The molecule has 1 amide bonds. The van der Waals surface area contributed by atoms with Gasteiger partial charge in [0.1, 0.15) is 11.3 Å². The molecule has 0 bridgehead atoms. The van der Waals surface area contributed by atoms with Crippen LogP contribution in [0.3, 0.4) is 0 Å². The van der Waals surface area contributed by atoms with Crippen molar-refractivity contribution >= 4 is 28.3 Å². The van der Waals surface area contributed by atoms with Gasteiger partial charge in [0.15, 0.2) is 18.1 Å². The number of fused-ring (bicyclic) bond motifs is 1. The summed E-state index contributed by atoms with van der Waals surface area (Å²) >= 11 is 0. The fourth-order valence-corrected chi connectivity index (χ4v) is 2.95. The number of phenolic OH excluding ortho intramolecular Hbond substituents is 1. The molecule has 0 aliphatic rings. The zero-order valence-corrected chi connectivity index (χ0v) is 16.7. The Labute approximate surface area is 172 Å². The van der Waals surface area contributed by atoms with E-state index in [1.54, 1.807) is 12.1 Å². The molecule has 8 nitrogen and oxygen atoms in total. The summed E-state index contributed by atoms with van der Waals surface area (Å²) in [5.74, 6) is -0.480. The summed E-state index contributed by atoms with van der Waals surface area (Å²) in [5.41, 5.74) is 0.355. The van der Waals surface area contributed by atoms with Crippen LogP contribution in [0.4, 0.5) is 5.69 Å². The monoisotopic (exact) mass is 411 g/mol. The van der Waals surface area contributed by atoms with E-state index in [1.165, 1.54) is 33.5 Å². The third-order valence-electron chi connectivity index (χ3n) is 4.37. The van der Waals surface area contributed by atoms with Crippen molar-refractivity contribution in [2.45, 2.75) is 0 Å². The molecule has 8 heteroatoms.